The topological polar surface area (TPSA) is 90.9 Å². The Morgan fingerprint density at radius 1 is 1.44 bits per heavy atom. The molecule has 0 spiro atoms. The number of rotatable bonds is 4. The fourth-order valence-electron chi connectivity index (χ4n) is 3.07. The Morgan fingerprint density at radius 2 is 2.30 bits per heavy atom. The minimum Gasteiger partial charge on any atom is -0.436 e. The van der Waals surface area contributed by atoms with Crippen LogP contribution in [-0.4, -0.2) is 38.8 Å². The number of piperidine rings is 1. The number of nitrogen functional groups attached to an aromatic ring is 1. The zero-order valence-corrected chi connectivity index (χ0v) is 14.8. The molecular weight excluding hydrogens is 378 g/mol. The van der Waals surface area contributed by atoms with Gasteiger partial charge in [-0.1, -0.05) is 17.7 Å². The Balaban J connectivity index is 1.72. The number of fused-ring (bicyclic) bond motifs is 1. The molecule has 4 rings (SSSR count). The van der Waals surface area contributed by atoms with E-state index in [0.717, 1.165) is 0 Å². The molecular formula is C17H15ClF2N6O. The smallest absolute Gasteiger partial charge is 0.264 e. The monoisotopic (exact) mass is 392 g/mol. The average Bonchev–Trinajstić information content (AvgIpc) is 2.95. The maximum absolute atomic E-state index is 14.2. The number of hydrogen-bond acceptors (Lipinski definition) is 6. The summed E-state index contributed by atoms with van der Waals surface area (Å²) in [4.78, 5) is 8.11. The Kier molecular flexibility index (Phi) is 4.45. The number of nitrogens with one attached hydrogen (secondary N) is 1. The van der Waals surface area contributed by atoms with E-state index in [1.54, 1.807) is 0 Å². The lowest BCUT2D eigenvalue weighted by Gasteiger charge is -2.31. The lowest BCUT2D eigenvalue weighted by Crippen LogP contribution is -2.47. The second kappa shape index (κ2) is 6.79. The van der Waals surface area contributed by atoms with Crippen molar-refractivity contribution in [2.24, 2.45) is 5.92 Å². The van der Waals surface area contributed by atoms with Crippen LogP contribution in [-0.2, 0) is 6.54 Å². The third-order valence-corrected chi connectivity index (χ3v) is 4.64. The largest absolute Gasteiger partial charge is 0.436 e. The quantitative estimate of drug-likeness (QED) is 0.709. The van der Waals surface area contributed by atoms with E-state index < -0.39 is 11.8 Å². The number of hydrogen-bond donors (Lipinski definition) is 2. The Hall–Kier alpha value is -2.70. The van der Waals surface area contributed by atoms with E-state index >= 15 is 0 Å². The summed E-state index contributed by atoms with van der Waals surface area (Å²) in [6.07, 6.45) is 1.59. The SMILES string of the molecule is Nc1ncnc2c1c(Oc1cc#cc(Cl)c1)nn2CC1CCNCC1(F)F. The van der Waals surface area contributed by atoms with E-state index in [4.69, 9.17) is 22.1 Å². The highest BCUT2D eigenvalue weighted by Crippen LogP contribution is 2.35. The number of nitrogens with two attached hydrogens (primary N) is 1. The van der Waals surface area contributed by atoms with E-state index in [-0.39, 0.29) is 24.8 Å². The van der Waals surface area contributed by atoms with Crippen molar-refractivity contribution in [2.45, 2.75) is 18.9 Å². The summed E-state index contributed by atoms with van der Waals surface area (Å²) in [5.74, 6) is -3.08. The number of aromatic nitrogens is 4. The first-order chi connectivity index (χ1) is 12.9. The van der Waals surface area contributed by atoms with Gasteiger partial charge in [0.25, 0.3) is 11.8 Å². The average molecular weight is 393 g/mol. The summed E-state index contributed by atoms with van der Waals surface area (Å²) in [7, 11) is 0. The molecule has 1 unspecified atom stereocenters. The third kappa shape index (κ3) is 3.46. The first-order valence-corrected chi connectivity index (χ1v) is 8.64. The highest BCUT2D eigenvalue weighted by Gasteiger charge is 2.42. The van der Waals surface area contributed by atoms with E-state index in [0.29, 0.717) is 34.8 Å². The van der Waals surface area contributed by atoms with Crippen molar-refractivity contribution in [3.63, 3.8) is 0 Å². The van der Waals surface area contributed by atoms with Gasteiger partial charge in [0.15, 0.2) is 5.65 Å². The van der Waals surface area contributed by atoms with Crippen molar-refractivity contribution in [3.8, 4) is 11.6 Å². The Labute approximate surface area is 158 Å². The number of nitrogens with zero attached hydrogens (tertiary/aromatic N) is 4. The van der Waals surface area contributed by atoms with Gasteiger partial charge in [-0.25, -0.2) is 23.4 Å². The third-order valence-electron chi connectivity index (χ3n) is 4.44. The first-order valence-electron chi connectivity index (χ1n) is 8.26. The van der Waals surface area contributed by atoms with Gasteiger partial charge in [-0.3, -0.25) is 0 Å². The summed E-state index contributed by atoms with van der Waals surface area (Å²) in [6, 6.07) is 8.44. The molecule has 10 heteroatoms. The molecule has 0 aliphatic carbocycles. The molecule has 140 valence electrons. The lowest BCUT2D eigenvalue weighted by molar-refractivity contribution is -0.0795. The van der Waals surface area contributed by atoms with Crippen molar-refractivity contribution >= 4 is 28.5 Å². The zero-order chi connectivity index (χ0) is 19.0. The first kappa shape index (κ1) is 17.7. The summed E-state index contributed by atoms with van der Waals surface area (Å²) in [5, 5.41) is 7.71. The molecule has 1 aliphatic rings. The van der Waals surface area contributed by atoms with Crippen molar-refractivity contribution in [1.82, 2.24) is 25.1 Å². The summed E-state index contributed by atoms with van der Waals surface area (Å²) in [6.45, 7) is 0.154. The Morgan fingerprint density at radius 3 is 3.07 bits per heavy atom. The molecule has 1 fully saturated rings. The molecule has 0 saturated carbocycles. The van der Waals surface area contributed by atoms with E-state index in [1.165, 1.54) is 23.1 Å². The summed E-state index contributed by atoms with van der Waals surface area (Å²) < 4.78 is 35.6. The molecule has 2 aromatic heterocycles. The van der Waals surface area contributed by atoms with E-state index in [2.05, 4.69) is 32.5 Å². The van der Waals surface area contributed by atoms with Crippen molar-refractivity contribution in [1.29, 1.82) is 0 Å². The van der Waals surface area contributed by atoms with Crippen LogP contribution in [0.1, 0.15) is 6.42 Å². The molecule has 0 radical (unpaired) electrons. The minimum atomic E-state index is -2.84. The van der Waals surface area contributed by atoms with Crippen LogP contribution in [0.3, 0.4) is 0 Å². The molecule has 3 aromatic rings. The lowest BCUT2D eigenvalue weighted by atomic mass is 9.94. The van der Waals surface area contributed by atoms with Gasteiger partial charge in [0.1, 0.15) is 23.3 Å². The minimum absolute atomic E-state index is 0.0135. The van der Waals surface area contributed by atoms with Crippen LogP contribution in [0.2, 0.25) is 5.02 Å². The molecule has 0 bridgehead atoms. The maximum atomic E-state index is 14.2. The number of anilines is 1. The molecule has 1 saturated heterocycles. The predicted octanol–water partition coefficient (Wildman–Crippen LogP) is 2.70. The van der Waals surface area contributed by atoms with Gasteiger partial charge in [-0.2, -0.15) is 0 Å². The van der Waals surface area contributed by atoms with Crippen LogP contribution >= 0.6 is 11.6 Å². The standard InChI is InChI=1S/C17H15ClF2N6O/c18-11-2-1-3-12(6-11)27-16-13-14(21)23-9-24-15(13)26(25-16)7-10-4-5-22-8-17(10,19)20/h3,6,9-10,22H,4-5,7-8H2,(H2,21,23,24). The van der Waals surface area contributed by atoms with Gasteiger partial charge in [0, 0.05) is 18.1 Å². The van der Waals surface area contributed by atoms with Crippen LogP contribution in [0.15, 0.2) is 18.5 Å². The number of alkyl halides is 2. The van der Waals surface area contributed by atoms with Crippen molar-refractivity contribution in [2.75, 3.05) is 18.8 Å². The summed E-state index contributed by atoms with van der Waals surface area (Å²) >= 11 is 5.89. The number of halogens is 3. The highest BCUT2D eigenvalue weighted by molar-refractivity contribution is 6.30. The van der Waals surface area contributed by atoms with Gasteiger partial charge in [-0.05, 0) is 19.0 Å². The fraction of sp³-hybridized carbons (Fsp3) is 0.353. The van der Waals surface area contributed by atoms with Gasteiger partial charge in [0.2, 0.25) is 0 Å². The van der Waals surface area contributed by atoms with Crippen LogP contribution in [0.25, 0.3) is 11.0 Å². The van der Waals surface area contributed by atoms with Gasteiger partial charge in [-0.15, -0.1) is 5.10 Å². The molecule has 0 amide bonds. The van der Waals surface area contributed by atoms with Gasteiger partial charge in [0.05, 0.1) is 18.1 Å². The van der Waals surface area contributed by atoms with Crippen molar-refractivity contribution in [3.05, 3.63) is 35.6 Å². The van der Waals surface area contributed by atoms with Crippen molar-refractivity contribution < 1.29 is 13.5 Å². The van der Waals surface area contributed by atoms with Crippen LogP contribution < -0.4 is 15.8 Å². The predicted molar refractivity (Wildman–Crippen MR) is 94.9 cm³/mol. The normalized spacial score (nSPS) is 19.0. The fourth-order valence-corrected chi connectivity index (χ4v) is 3.23. The molecule has 3 heterocycles. The molecule has 27 heavy (non-hydrogen) atoms. The molecule has 1 atom stereocenters. The second-order valence-electron chi connectivity index (χ2n) is 6.28. The molecule has 1 aromatic carbocycles. The van der Waals surface area contributed by atoms with Gasteiger partial charge < -0.3 is 15.8 Å². The molecule has 3 N–H and O–H groups in total. The maximum Gasteiger partial charge on any atom is 0.264 e. The molecule has 1 aliphatic heterocycles. The van der Waals surface area contributed by atoms with Gasteiger partial charge >= 0.3 is 0 Å². The van der Waals surface area contributed by atoms with Crippen LogP contribution in [0.4, 0.5) is 14.6 Å². The highest BCUT2D eigenvalue weighted by atomic mass is 35.5. The van der Waals surface area contributed by atoms with E-state index in [1.807, 2.05) is 0 Å². The van der Waals surface area contributed by atoms with E-state index in [9.17, 15) is 8.78 Å². The second-order valence-corrected chi connectivity index (χ2v) is 6.69. The summed E-state index contributed by atoms with van der Waals surface area (Å²) in [5.41, 5.74) is 6.30. The zero-order valence-electron chi connectivity index (χ0n) is 14.0. The van der Waals surface area contributed by atoms with Crippen LogP contribution in [0.5, 0.6) is 11.6 Å². The number of ether oxygens (including phenoxy) is 1. The molecule has 7 nitrogen and oxygen atoms in total. The van der Waals surface area contributed by atoms with Crippen LogP contribution in [0, 0.1) is 18.1 Å². The Bertz CT molecular complexity index is 979.